The van der Waals surface area contributed by atoms with Crippen LogP contribution in [-0.4, -0.2) is 29.6 Å². The zero-order valence-corrected chi connectivity index (χ0v) is 12.2. The van der Waals surface area contributed by atoms with Crippen molar-refractivity contribution in [3.63, 3.8) is 0 Å². The van der Waals surface area contributed by atoms with E-state index in [-0.39, 0.29) is 11.4 Å². The number of piperazine rings is 1. The Hall–Kier alpha value is -0.930. The quantitative estimate of drug-likeness (QED) is 0.898. The molecule has 1 fully saturated rings. The van der Waals surface area contributed by atoms with E-state index in [9.17, 15) is 4.39 Å². The van der Waals surface area contributed by atoms with Gasteiger partial charge in [-0.15, -0.1) is 0 Å². The summed E-state index contributed by atoms with van der Waals surface area (Å²) in [7, 11) is 0. The van der Waals surface area contributed by atoms with E-state index in [1.54, 1.807) is 12.1 Å². The third kappa shape index (κ3) is 3.34. The largest absolute Gasteiger partial charge is 0.311 e. The maximum atomic E-state index is 13.0. The third-order valence-electron chi connectivity index (χ3n) is 4.52. The highest BCUT2D eigenvalue weighted by Crippen LogP contribution is 2.25. The Kier molecular flexibility index (Phi) is 4.58. The van der Waals surface area contributed by atoms with Gasteiger partial charge in [-0.3, -0.25) is 4.90 Å². The van der Waals surface area contributed by atoms with Gasteiger partial charge in [0.05, 0.1) is 0 Å². The van der Waals surface area contributed by atoms with Crippen molar-refractivity contribution in [2.24, 2.45) is 0 Å². The molecule has 0 radical (unpaired) electrons. The Bertz CT molecular complexity index is 404. The van der Waals surface area contributed by atoms with Crippen LogP contribution >= 0.6 is 0 Å². The van der Waals surface area contributed by atoms with Crippen LogP contribution in [0.15, 0.2) is 24.3 Å². The fraction of sp³-hybridized carbons (Fsp3) is 0.625. The smallest absolute Gasteiger partial charge is 0.123 e. The number of nitrogens with zero attached hydrogens (tertiary/aromatic N) is 1. The molecule has 2 nitrogen and oxygen atoms in total. The Morgan fingerprint density at radius 2 is 2.00 bits per heavy atom. The number of hydrogen-bond acceptors (Lipinski definition) is 2. The summed E-state index contributed by atoms with van der Waals surface area (Å²) in [6.45, 7) is 9.79. The van der Waals surface area contributed by atoms with Gasteiger partial charge in [0, 0.05) is 31.2 Å². The van der Waals surface area contributed by atoms with Gasteiger partial charge in [0.25, 0.3) is 0 Å². The van der Waals surface area contributed by atoms with Gasteiger partial charge in [-0.2, -0.15) is 0 Å². The molecular weight excluding hydrogens is 239 g/mol. The zero-order chi connectivity index (χ0) is 13.9. The van der Waals surface area contributed by atoms with Crippen LogP contribution in [0, 0.1) is 5.82 Å². The molecule has 1 heterocycles. The second kappa shape index (κ2) is 6.02. The van der Waals surface area contributed by atoms with E-state index in [0.717, 1.165) is 32.5 Å². The highest BCUT2D eigenvalue weighted by atomic mass is 19.1. The lowest BCUT2D eigenvalue weighted by Gasteiger charge is -2.48. The summed E-state index contributed by atoms with van der Waals surface area (Å²) < 4.78 is 13.0. The van der Waals surface area contributed by atoms with E-state index in [0.29, 0.717) is 6.04 Å². The topological polar surface area (TPSA) is 15.3 Å². The van der Waals surface area contributed by atoms with Crippen molar-refractivity contribution in [2.45, 2.75) is 51.7 Å². The maximum Gasteiger partial charge on any atom is 0.123 e. The molecule has 1 saturated heterocycles. The molecule has 2 unspecified atom stereocenters. The Balaban J connectivity index is 2.11. The third-order valence-corrected chi connectivity index (χ3v) is 4.52. The van der Waals surface area contributed by atoms with E-state index in [1.165, 1.54) is 5.56 Å². The molecular formula is C16H25FN2. The van der Waals surface area contributed by atoms with Crippen molar-refractivity contribution >= 4 is 0 Å². The van der Waals surface area contributed by atoms with Crippen molar-refractivity contribution in [3.05, 3.63) is 35.6 Å². The van der Waals surface area contributed by atoms with Gasteiger partial charge >= 0.3 is 0 Å². The van der Waals surface area contributed by atoms with E-state index in [2.05, 4.69) is 31.0 Å². The van der Waals surface area contributed by atoms with Crippen molar-refractivity contribution in [3.8, 4) is 0 Å². The van der Waals surface area contributed by atoms with Gasteiger partial charge in [0.1, 0.15) is 5.82 Å². The van der Waals surface area contributed by atoms with Crippen molar-refractivity contribution in [2.75, 3.05) is 13.1 Å². The molecule has 0 aromatic heterocycles. The number of hydrogen-bond donors (Lipinski definition) is 1. The monoisotopic (exact) mass is 264 g/mol. The SMILES string of the molecule is CCC1CN(Cc2ccc(F)cc2)C(C)(CC)CN1. The highest BCUT2D eigenvalue weighted by Gasteiger charge is 2.35. The van der Waals surface area contributed by atoms with E-state index < -0.39 is 0 Å². The van der Waals surface area contributed by atoms with Crippen LogP contribution in [0.1, 0.15) is 39.2 Å². The highest BCUT2D eigenvalue weighted by molar-refractivity contribution is 5.16. The van der Waals surface area contributed by atoms with Crippen molar-refractivity contribution in [1.29, 1.82) is 0 Å². The lowest BCUT2D eigenvalue weighted by Crippen LogP contribution is -2.62. The predicted molar refractivity (Wildman–Crippen MR) is 77.6 cm³/mol. The molecule has 1 aliphatic heterocycles. The molecule has 1 aromatic carbocycles. The van der Waals surface area contributed by atoms with Crippen LogP contribution in [0.5, 0.6) is 0 Å². The Labute approximate surface area is 116 Å². The molecule has 0 bridgehead atoms. The minimum Gasteiger partial charge on any atom is -0.311 e. The predicted octanol–water partition coefficient (Wildman–Crippen LogP) is 3.18. The molecule has 0 amide bonds. The standard InChI is InChI=1S/C16H25FN2/c1-4-15-11-19(16(3,5-2)12-18-15)10-13-6-8-14(17)9-7-13/h6-9,15,18H,4-5,10-12H2,1-3H3. The summed E-state index contributed by atoms with van der Waals surface area (Å²) in [6, 6.07) is 7.47. The van der Waals surface area contributed by atoms with Crippen LogP contribution in [0.4, 0.5) is 4.39 Å². The summed E-state index contributed by atoms with van der Waals surface area (Å²) in [6.07, 6.45) is 2.28. The summed E-state index contributed by atoms with van der Waals surface area (Å²) in [4.78, 5) is 2.55. The minimum absolute atomic E-state index is 0.159. The van der Waals surface area contributed by atoms with Crippen LogP contribution in [0.2, 0.25) is 0 Å². The average Bonchev–Trinajstić information content (AvgIpc) is 2.43. The van der Waals surface area contributed by atoms with Crippen LogP contribution < -0.4 is 5.32 Å². The molecule has 3 heteroatoms. The Morgan fingerprint density at radius 3 is 2.58 bits per heavy atom. The number of halogens is 1. The fourth-order valence-electron chi connectivity index (χ4n) is 2.71. The lowest BCUT2D eigenvalue weighted by molar-refractivity contribution is 0.0408. The molecule has 0 aliphatic carbocycles. The molecule has 1 N–H and O–H groups in total. The molecule has 1 aliphatic rings. The fourth-order valence-corrected chi connectivity index (χ4v) is 2.71. The number of rotatable bonds is 4. The number of benzene rings is 1. The summed E-state index contributed by atoms with van der Waals surface area (Å²) in [5.74, 6) is -0.159. The molecule has 0 spiro atoms. The first kappa shape index (κ1) is 14.5. The van der Waals surface area contributed by atoms with E-state index in [4.69, 9.17) is 0 Å². The first-order chi connectivity index (χ1) is 9.07. The van der Waals surface area contributed by atoms with Gasteiger partial charge < -0.3 is 5.32 Å². The van der Waals surface area contributed by atoms with Gasteiger partial charge in [0.15, 0.2) is 0 Å². The molecule has 2 atom stereocenters. The molecule has 1 aromatic rings. The molecule has 2 rings (SSSR count). The van der Waals surface area contributed by atoms with Gasteiger partial charge in [0.2, 0.25) is 0 Å². The molecule has 106 valence electrons. The van der Waals surface area contributed by atoms with Crippen molar-refractivity contribution < 1.29 is 4.39 Å². The Morgan fingerprint density at radius 1 is 1.32 bits per heavy atom. The van der Waals surface area contributed by atoms with Gasteiger partial charge in [-0.05, 0) is 37.5 Å². The van der Waals surface area contributed by atoms with E-state index in [1.807, 2.05) is 12.1 Å². The number of nitrogens with one attached hydrogen (secondary N) is 1. The molecule has 19 heavy (non-hydrogen) atoms. The zero-order valence-electron chi connectivity index (χ0n) is 12.2. The van der Waals surface area contributed by atoms with Crippen LogP contribution in [0.25, 0.3) is 0 Å². The lowest BCUT2D eigenvalue weighted by atomic mass is 9.91. The first-order valence-corrected chi connectivity index (χ1v) is 7.30. The minimum atomic E-state index is -0.159. The van der Waals surface area contributed by atoms with Crippen molar-refractivity contribution in [1.82, 2.24) is 10.2 Å². The van der Waals surface area contributed by atoms with Crippen LogP contribution in [-0.2, 0) is 6.54 Å². The summed E-state index contributed by atoms with van der Waals surface area (Å²) >= 11 is 0. The van der Waals surface area contributed by atoms with Gasteiger partial charge in [-0.25, -0.2) is 4.39 Å². The average molecular weight is 264 g/mol. The summed E-state index contributed by atoms with van der Waals surface area (Å²) in [5, 5.41) is 3.63. The van der Waals surface area contributed by atoms with Gasteiger partial charge in [-0.1, -0.05) is 26.0 Å². The second-order valence-electron chi connectivity index (χ2n) is 5.84. The maximum absolute atomic E-state index is 13.0. The van der Waals surface area contributed by atoms with Crippen LogP contribution in [0.3, 0.4) is 0 Å². The normalized spacial score (nSPS) is 28.5. The summed E-state index contributed by atoms with van der Waals surface area (Å²) in [5.41, 5.74) is 1.39. The van der Waals surface area contributed by atoms with E-state index >= 15 is 0 Å². The molecule has 0 saturated carbocycles. The first-order valence-electron chi connectivity index (χ1n) is 7.30. The second-order valence-corrected chi connectivity index (χ2v) is 5.84.